The molecule has 1 aliphatic rings. The van der Waals surface area contributed by atoms with Gasteiger partial charge in [0.25, 0.3) is 0 Å². The molecule has 1 rings (SSSR count). The molecule has 1 aliphatic heterocycles. The Hall–Kier alpha value is -0.540. The number of hydrogen-bond donors (Lipinski definition) is 0. The van der Waals surface area contributed by atoms with E-state index in [1.807, 2.05) is 20.8 Å². The number of alkyl halides is 6. The highest BCUT2D eigenvalue weighted by atomic mass is 32.3. The Bertz CT molecular complexity index is 674. The van der Waals surface area contributed by atoms with Gasteiger partial charge in [-0.1, -0.05) is 20.8 Å². The van der Waals surface area contributed by atoms with Crippen molar-refractivity contribution in [3.05, 3.63) is 4.13 Å². The summed E-state index contributed by atoms with van der Waals surface area (Å²) in [7, 11) is -13.0. The normalized spacial score (nSPS) is 17.4. The molecule has 0 bridgehead atoms. The van der Waals surface area contributed by atoms with Crippen molar-refractivity contribution in [2.45, 2.75) is 44.6 Å². The van der Waals surface area contributed by atoms with Crippen LogP contribution < -0.4 is 0 Å². The van der Waals surface area contributed by atoms with Gasteiger partial charge in [-0.15, -0.1) is 0 Å². The Kier molecular flexibility index (Phi) is 8.68. The molecule has 6 nitrogen and oxygen atoms in total. The molecule has 0 unspecified atom stereocenters. The highest BCUT2D eigenvalue weighted by molar-refractivity contribution is 8.13. The largest absolute Gasteiger partial charge is 0.480 e. The quantitative estimate of drug-likeness (QED) is 0.467. The number of rotatable bonds is 4. The summed E-state index contributed by atoms with van der Waals surface area (Å²) in [5.74, 6) is 3.92. The molecule has 0 spiro atoms. The van der Waals surface area contributed by atoms with E-state index in [1.165, 1.54) is 24.3 Å². The predicted octanol–water partition coefficient (Wildman–Crippen LogP) is 3.07. The number of Topliss-reactive ketones (excluding diaryl/α,β-unsaturated/α-hetero) is 1. The molecule has 0 N–H and O–H groups in total. The summed E-state index contributed by atoms with van der Waals surface area (Å²) in [6.45, 7) is 6.07. The molecule has 0 amide bonds. The Balaban J connectivity index is 0.000000511. The number of sulfonamides is 2. The van der Waals surface area contributed by atoms with Crippen molar-refractivity contribution in [2.24, 2.45) is 5.41 Å². The third kappa shape index (κ3) is 8.56. The molecule has 0 radical (unpaired) electrons. The van der Waals surface area contributed by atoms with Crippen LogP contribution in [0.2, 0.25) is 0 Å². The first-order chi connectivity index (χ1) is 11.7. The van der Waals surface area contributed by atoms with E-state index >= 15 is 0 Å². The van der Waals surface area contributed by atoms with Gasteiger partial charge in [0.15, 0.2) is 31.6 Å². The molecule has 0 aromatic carbocycles. The van der Waals surface area contributed by atoms with Crippen LogP contribution in [-0.4, -0.2) is 50.9 Å². The van der Waals surface area contributed by atoms with E-state index in [4.69, 9.17) is 0 Å². The van der Waals surface area contributed by atoms with Crippen LogP contribution in [0.5, 0.6) is 0 Å². The maximum Gasteiger partial charge on any atom is 0.480 e. The minimum atomic E-state index is -6.72. The monoisotopic (exact) mass is 467 g/mol. The van der Waals surface area contributed by atoms with Crippen LogP contribution in [0.25, 0.3) is 4.13 Å². The van der Waals surface area contributed by atoms with Crippen LogP contribution in [0.15, 0.2) is 0 Å². The lowest BCUT2D eigenvalue weighted by Gasteiger charge is -2.22. The van der Waals surface area contributed by atoms with Crippen LogP contribution in [0, 0.1) is 5.41 Å². The lowest BCUT2D eigenvalue weighted by Crippen LogP contribution is -2.30. The van der Waals surface area contributed by atoms with Gasteiger partial charge < -0.3 is 4.13 Å². The second kappa shape index (κ2) is 8.86. The van der Waals surface area contributed by atoms with Gasteiger partial charge in [-0.05, 0) is 23.7 Å². The molecule has 1 heterocycles. The Morgan fingerprint density at radius 2 is 1.19 bits per heavy atom. The van der Waals surface area contributed by atoms with Crippen LogP contribution in [0.1, 0.15) is 33.6 Å². The van der Waals surface area contributed by atoms with Crippen molar-refractivity contribution in [2.75, 3.05) is 17.3 Å². The third-order valence-electron chi connectivity index (χ3n) is 3.07. The number of halogens is 6. The number of nitrogens with zero attached hydrogens (tertiary/aromatic N) is 1. The molecule has 0 saturated carbocycles. The smallest absolute Gasteiger partial charge is 0.421 e. The Morgan fingerprint density at radius 1 is 0.852 bits per heavy atom. The van der Waals surface area contributed by atoms with E-state index in [1.54, 1.807) is 0 Å². The first-order valence-corrected chi connectivity index (χ1v) is 11.9. The minimum Gasteiger partial charge on any atom is -0.421 e. The lowest BCUT2D eigenvalue weighted by atomic mass is 9.92. The van der Waals surface area contributed by atoms with Crippen molar-refractivity contribution in [3.63, 3.8) is 0 Å². The summed E-state index contributed by atoms with van der Waals surface area (Å²) in [5, 5.41) is 0. The highest BCUT2D eigenvalue weighted by Gasteiger charge is 2.46. The molecule has 162 valence electrons. The summed E-state index contributed by atoms with van der Waals surface area (Å²) in [6.07, 6.45) is 2.70. The fraction of sp³-hybridized carbons (Fsp3) is 0.917. The second-order valence-corrected chi connectivity index (χ2v) is 12.2. The summed E-state index contributed by atoms with van der Waals surface area (Å²) in [5.41, 5.74) is -12.5. The van der Waals surface area contributed by atoms with Gasteiger partial charge in [0.2, 0.25) is 0 Å². The molecular formula is C12H19F6NO5S3. The standard InChI is InChI=1S/C10H19OS.C2F6NO4S2/c1-10(2,3)9(11)8-12-6-4-5-7-12;3-1(4,5)14(10,11)9-15(12,13)2(6,7)8/h4-8H2,1-3H3;/q+1;-1. The van der Waals surface area contributed by atoms with Crippen LogP contribution in [-0.2, 0) is 35.7 Å². The van der Waals surface area contributed by atoms with Crippen LogP contribution in [0.4, 0.5) is 26.3 Å². The van der Waals surface area contributed by atoms with Gasteiger partial charge in [-0.25, -0.2) is 16.8 Å². The molecule has 15 heteroatoms. The van der Waals surface area contributed by atoms with Crippen LogP contribution >= 0.6 is 0 Å². The zero-order valence-electron chi connectivity index (χ0n) is 14.5. The summed E-state index contributed by atoms with van der Waals surface area (Å²) in [6, 6.07) is 0. The lowest BCUT2D eigenvalue weighted by molar-refractivity contribution is -0.123. The van der Waals surface area contributed by atoms with E-state index < -0.39 is 31.1 Å². The highest BCUT2D eigenvalue weighted by Crippen LogP contribution is 2.36. The minimum absolute atomic E-state index is 0.115. The third-order valence-corrected chi connectivity index (χ3v) is 8.21. The van der Waals surface area contributed by atoms with Gasteiger partial charge in [0.1, 0.15) is 11.5 Å². The van der Waals surface area contributed by atoms with Crippen LogP contribution in [0.3, 0.4) is 0 Å². The maximum atomic E-state index is 11.6. The topological polar surface area (TPSA) is 99.4 Å². The Labute approximate surface area is 156 Å². The fourth-order valence-electron chi connectivity index (χ4n) is 1.47. The number of carbonyl (C=O) groups excluding carboxylic acids is 1. The predicted molar refractivity (Wildman–Crippen MR) is 89.0 cm³/mol. The van der Waals surface area contributed by atoms with Crippen molar-refractivity contribution in [3.8, 4) is 0 Å². The number of hydrogen-bond acceptors (Lipinski definition) is 5. The zero-order chi connectivity index (χ0) is 21.9. The Morgan fingerprint density at radius 3 is 1.44 bits per heavy atom. The molecule has 0 atom stereocenters. The summed E-state index contributed by atoms with van der Waals surface area (Å²) >= 11 is 0. The molecule has 0 aliphatic carbocycles. The summed E-state index contributed by atoms with van der Waals surface area (Å²) in [4.78, 5) is 11.6. The van der Waals surface area contributed by atoms with E-state index in [0.717, 1.165) is 9.88 Å². The van der Waals surface area contributed by atoms with Crippen molar-refractivity contribution >= 4 is 36.7 Å². The molecule has 1 saturated heterocycles. The van der Waals surface area contributed by atoms with Gasteiger partial charge in [0.05, 0.1) is 0 Å². The average molecular weight is 467 g/mol. The van der Waals surface area contributed by atoms with Crippen molar-refractivity contribution < 1.29 is 48.0 Å². The zero-order valence-corrected chi connectivity index (χ0v) is 17.0. The van der Waals surface area contributed by atoms with E-state index in [9.17, 15) is 48.0 Å². The van der Waals surface area contributed by atoms with Crippen molar-refractivity contribution in [1.29, 1.82) is 0 Å². The van der Waals surface area contributed by atoms with Gasteiger partial charge in [-0.2, -0.15) is 26.3 Å². The number of carbonyl (C=O) groups is 1. The first kappa shape index (κ1) is 26.5. The van der Waals surface area contributed by atoms with E-state index in [2.05, 4.69) is 0 Å². The molecule has 27 heavy (non-hydrogen) atoms. The first-order valence-electron chi connectivity index (χ1n) is 7.25. The fourth-order valence-corrected chi connectivity index (χ4v) is 5.71. The molecule has 1 fully saturated rings. The summed E-state index contributed by atoms with van der Waals surface area (Å²) < 4.78 is 109. The van der Waals surface area contributed by atoms with Gasteiger partial charge in [-0.3, -0.25) is 4.79 Å². The SMILES string of the molecule is CC(C)(C)C(=O)C[S+]1CCCC1.O=S(=O)([N-]S(=O)(=O)C(F)(F)F)C(F)(F)F. The van der Waals surface area contributed by atoms with Gasteiger partial charge >= 0.3 is 11.0 Å². The van der Waals surface area contributed by atoms with Crippen molar-refractivity contribution in [1.82, 2.24) is 0 Å². The molecule has 0 aromatic heterocycles. The second-order valence-electron chi connectivity index (χ2n) is 6.46. The molecule has 0 aromatic rings. The van der Waals surface area contributed by atoms with Gasteiger partial charge in [0, 0.05) is 5.41 Å². The van der Waals surface area contributed by atoms with E-state index in [0.29, 0.717) is 16.7 Å². The van der Waals surface area contributed by atoms with E-state index in [-0.39, 0.29) is 5.41 Å². The maximum absolute atomic E-state index is 11.6. The molecular weight excluding hydrogens is 448 g/mol. The average Bonchev–Trinajstić information content (AvgIpc) is 2.87. The number of ketones is 1.